The molecule has 126 heavy (non-hydrogen) atoms. The van der Waals surface area contributed by atoms with Crippen LogP contribution < -0.4 is 19.6 Å². The minimum Gasteiger partial charge on any atom is -0.342 e. The van der Waals surface area contributed by atoms with E-state index >= 15 is 0 Å². The van der Waals surface area contributed by atoms with Crippen molar-refractivity contribution < 1.29 is 1.37 Å². The highest BCUT2D eigenvalue weighted by atomic mass is 15.5. The zero-order valence-electron chi connectivity index (χ0n) is 79.7. The molecule has 9 saturated carbocycles. The van der Waals surface area contributed by atoms with Gasteiger partial charge in [-0.05, 0) is 306 Å². The van der Waals surface area contributed by atoms with E-state index in [-0.39, 0.29) is 16.6 Å². The molecule has 8 nitrogen and oxygen atoms in total. The number of rotatable bonds is 15. The lowest BCUT2D eigenvalue weighted by Gasteiger charge is -2.53. The van der Waals surface area contributed by atoms with Gasteiger partial charge in [0.15, 0.2) is 0 Å². The zero-order valence-corrected chi connectivity index (χ0v) is 78.7. The lowest BCUT2D eigenvalue weighted by Crippen LogP contribution is -2.60. The van der Waals surface area contributed by atoms with Gasteiger partial charge in [0.05, 0.1) is 46.8 Å². The Kier molecular flexibility index (Phi) is 25.0. The lowest BCUT2D eigenvalue weighted by atomic mass is 9.70. The minimum atomic E-state index is -0.563. The second kappa shape index (κ2) is 37.2. The summed E-state index contributed by atoms with van der Waals surface area (Å²) in [6.45, 7) is 18.6. The third-order valence-corrected chi connectivity index (χ3v) is 35.7. The molecule has 7 atom stereocenters. The molecule has 8 heteroatoms. The van der Waals surface area contributed by atoms with E-state index in [4.69, 9.17) is 0 Å². The van der Waals surface area contributed by atoms with Gasteiger partial charge in [-0.1, -0.05) is 305 Å². The Balaban J connectivity index is 0.000000107. The van der Waals surface area contributed by atoms with Gasteiger partial charge in [0.25, 0.3) is 0 Å². The maximum atomic E-state index is 9.63. The quantitative estimate of drug-likeness (QED) is 0.100. The number of benzene rings is 6. The number of fused-ring (bicyclic) bond motifs is 4. The average Bonchev–Trinajstić information content (AvgIpc) is 1.55. The highest BCUT2D eigenvalue weighted by Crippen LogP contribution is 2.63. The molecule has 17 aliphatic rings. The van der Waals surface area contributed by atoms with Crippen LogP contribution in [0.3, 0.4) is 0 Å². The van der Waals surface area contributed by atoms with E-state index in [9.17, 15) is 1.37 Å². The van der Waals surface area contributed by atoms with Gasteiger partial charge in [0.1, 0.15) is 24.7 Å². The van der Waals surface area contributed by atoms with Gasteiger partial charge in [-0.25, -0.2) is 0 Å². The molecular weight excluding hydrogens is 1530 g/mol. The maximum Gasteiger partial charge on any atom is 0.110 e. The van der Waals surface area contributed by atoms with Crippen molar-refractivity contribution in [2.75, 3.05) is 19.6 Å². The minimum absolute atomic E-state index is 0.0199. The first-order valence-corrected chi connectivity index (χ1v) is 52.0. The van der Waals surface area contributed by atoms with Crippen molar-refractivity contribution in [3.05, 3.63) is 285 Å². The lowest BCUT2D eigenvalue weighted by molar-refractivity contribution is 0.0161. The molecule has 9 fully saturated rings. The highest BCUT2D eigenvalue weighted by molar-refractivity contribution is 5.68. The number of allylic oxidation sites excluding steroid dienone is 8. The molecular formula is C118H154N8. The molecule has 0 bridgehead atoms. The van der Waals surface area contributed by atoms with E-state index in [0.717, 1.165) is 17.8 Å². The fourth-order valence-electron chi connectivity index (χ4n) is 29.8. The molecule has 0 aromatic heterocycles. The Labute approximate surface area is 763 Å². The van der Waals surface area contributed by atoms with Crippen LogP contribution in [0, 0.1) is 81.0 Å². The molecule has 6 aromatic rings. The number of hydrogen-bond donors (Lipinski definition) is 0. The van der Waals surface area contributed by atoms with Crippen molar-refractivity contribution in [2.45, 2.75) is 366 Å². The molecule has 0 N–H and O–H groups in total. The zero-order chi connectivity index (χ0) is 86.5. The van der Waals surface area contributed by atoms with Gasteiger partial charge < -0.3 is 39.2 Å². The highest BCUT2D eigenvalue weighted by Gasteiger charge is 2.62. The summed E-state index contributed by atoms with van der Waals surface area (Å²) in [5.74, 6) is 6.34. The first-order chi connectivity index (χ1) is 62.3. The van der Waals surface area contributed by atoms with Gasteiger partial charge in [-0.15, -0.1) is 0 Å². The maximum absolute atomic E-state index is 9.63. The smallest absolute Gasteiger partial charge is 0.110 e. The predicted molar refractivity (Wildman–Crippen MR) is 528 cm³/mol. The Bertz CT molecular complexity index is 5070. The number of anilines is 4. The van der Waals surface area contributed by atoms with Crippen molar-refractivity contribution in [2.24, 2.45) is 53.3 Å². The Hall–Kier alpha value is -8.36. The molecule has 0 saturated heterocycles. The second-order valence-corrected chi connectivity index (χ2v) is 42.5. The number of nitrogens with zero attached hydrogens (tertiary/aromatic N) is 8. The molecule has 6 aromatic carbocycles. The number of hydrogen-bond acceptors (Lipinski definition) is 8. The van der Waals surface area contributed by atoms with E-state index in [0.29, 0.717) is 60.2 Å². The van der Waals surface area contributed by atoms with Crippen LogP contribution in [0.5, 0.6) is 0 Å². The SMILES string of the molecule is CC1=C2C=CC(C3CCCC3)(C3CCCC3)N2C(C2CCCCC2)N1c1ccccc1C.CC1=C2C=CC(c3ccccc3)(C3CCCC3)N2C(C2CCCCC2)N1c1ccccc1C.CC1=C2C=CC(c3ccccc3)(C3CCCCC3)N2C(C2CCCCC2)N1c1ccccc1C.[2H]C1(C2CCCC2)C=CC2=C(C)N(c3ccccc3C)C(C3CCCCC3)N21. The van der Waals surface area contributed by atoms with Crippen LogP contribution in [-0.2, 0) is 11.1 Å². The van der Waals surface area contributed by atoms with Crippen LogP contribution >= 0.6 is 0 Å². The fraction of sp³-hybridized carbons (Fsp3) is 0.559. The molecule has 666 valence electrons. The standard InChI is InChI=1S/C32H40N2.C31H38N2.C30H42N2.C25H34N2/c1-24-14-12-13-21-29(24)33-25(2)30-22-23-32(27-17-8-4-9-18-27,28-19-10-5-11-20-28)34(30)31(33)26-15-6-3-7-16-26;1-23-13-9-12-20-28(23)32-24(2)29-21-22-31(27-18-10-11-19-27,26-16-7-4-8-17-26)33(29)30(32)25-14-5-3-6-15-25;1-22-12-6-11-19-27(22)31-23(2)28-20-21-30(25-15-7-8-16-25,26-17-9-10-18-26)32(28)29(31)24-13-4-3-5-14-24;1-18-10-6-9-15-22(18)26-19(2)23-16-17-24(20-11-7-8-12-20)27(23)25(26)21-13-4-3-5-14-21/h4,8-9,12-14,17-18,21-23,26,28,31H,3,5-7,10-11,15-16,19-20H2,1-2H3;4,7-9,12-13,16-17,20-22,25,27,30H,3,5-6,10-11,14-15,18-19H2,1-2H3;6,11-12,19-21,24-26,29H,3-5,7-10,13-18H2,1-2H3;6,9-10,15-17,20-21,24-25H,3-5,7-8,11-14H2,1-2H3/i;;;24D. The van der Waals surface area contributed by atoms with Crippen LogP contribution in [0.15, 0.2) is 252 Å². The number of para-hydroxylation sites is 4. The van der Waals surface area contributed by atoms with Crippen molar-refractivity contribution in [1.29, 1.82) is 0 Å². The summed E-state index contributed by atoms with van der Waals surface area (Å²) in [5.41, 5.74) is 25.8. The molecule has 8 heterocycles. The van der Waals surface area contributed by atoms with Crippen molar-refractivity contribution >= 4 is 22.7 Å². The van der Waals surface area contributed by atoms with Crippen molar-refractivity contribution in [3.63, 3.8) is 0 Å². The van der Waals surface area contributed by atoms with Gasteiger partial charge in [0, 0.05) is 45.5 Å². The van der Waals surface area contributed by atoms with Crippen LogP contribution in [-0.4, -0.2) is 55.8 Å². The summed E-state index contributed by atoms with van der Waals surface area (Å²) < 4.78 is 9.63. The average molecular weight is 1690 g/mol. The van der Waals surface area contributed by atoms with Crippen molar-refractivity contribution in [1.82, 2.24) is 19.6 Å². The molecule has 23 rings (SSSR count). The normalized spacial score (nSPS) is 29.3. The van der Waals surface area contributed by atoms with Gasteiger partial charge in [0.2, 0.25) is 0 Å². The largest absolute Gasteiger partial charge is 0.342 e. The van der Waals surface area contributed by atoms with E-state index in [1.807, 2.05) is 0 Å². The monoisotopic (exact) mass is 1680 g/mol. The third-order valence-electron chi connectivity index (χ3n) is 35.7. The Morgan fingerprint density at radius 1 is 0.246 bits per heavy atom. The Morgan fingerprint density at radius 3 is 0.865 bits per heavy atom. The van der Waals surface area contributed by atoms with Crippen LogP contribution in [0.4, 0.5) is 22.7 Å². The third kappa shape index (κ3) is 15.2. The molecule has 0 radical (unpaired) electrons. The van der Waals surface area contributed by atoms with Gasteiger partial charge in [-0.2, -0.15) is 0 Å². The summed E-state index contributed by atoms with van der Waals surface area (Å²) in [6, 6.07) is 58.5. The Morgan fingerprint density at radius 2 is 0.508 bits per heavy atom. The summed E-state index contributed by atoms with van der Waals surface area (Å²) in [4.78, 5) is 22.3. The molecule has 0 spiro atoms. The van der Waals surface area contributed by atoms with E-state index in [1.54, 1.807) is 5.70 Å². The van der Waals surface area contributed by atoms with E-state index in [1.165, 1.54) is 359 Å². The summed E-state index contributed by atoms with van der Waals surface area (Å²) >= 11 is 0. The van der Waals surface area contributed by atoms with Crippen LogP contribution in [0.2, 0.25) is 0 Å². The van der Waals surface area contributed by atoms with E-state index in [2.05, 4.69) is 301 Å². The molecule has 7 unspecified atom stereocenters. The van der Waals surface area contributed by atoms with E-state index < -0.39 is 6.02 Å². The summed E-state index contributed by atoms with van der Waals surface area (Å²) in [5, 5.41) is 0. The molecule has 0 amide bonds. The topological polar surface area (TPSA) is 25.9 Å². The van der Waals surface area contributed by atoms with Crippen LogP contribution in [0.25, 0.3) is 0 Å². The molecule has 9 aliphatic carbocycles. The fourth-order valence-corrected chi connectivity index (χ4v) is 29.8. The summed E-state index contributed by atoms with van der Waals surface area (Å²) in [6.07, 6.45) is 77.7. The second-order valence-electron chi connectivity index (χ2n) is 42.5. The van der Waals surface area contributed by atoms with Crippen LogP contribution in [0.1, 0.15) is 326 Å². The molecule has 8 aliphatic heterocycles. The first-order valence-electron chi connectivity index (χ1n) is 52.5. The number of aryl methyl sites for hydroxylation is 4. The van der Waals surface area contributed by atoms with Gasteiger partial charge in [-0.3, -0.25) is 0 Å². The first kappa shape index (κ1) is 84.5. The van der Waals surface area contributed by atoms with Gasteiger partial charge >= 0.3 is 0 Å². The summed E-state index contributed by atoms with van der Waals surface area (Å²) in [7, 11) is 0. The predicted octanol–water partition coefficient (Wildman–Crippen LogP) is 30.5. The van der Waals surface area contributed by atoms with Crippen molar-refractivity contribution in [3.8, 4) is 0 Å².